The van der Waals surface area contributed by atoms with Gasteiger partial charge in [-0.3, -0.25) is 0 Å². The molecule has 0 aromatic heterocycles. The molecule has 1 aromatic carbocycles. The third-order valence-corrected chi connectivity index (χ3v) is 4.77. The molecule has 1 aliphatic heterocycles. The smallest absolute Gasteiger partial charge is 0.102 e. The largest absolute Gasteiger partial charge is 0.158 e. The second-order valence-corrected chi connectivity index (χ2v) is 5.77. The maximum Gasteiger partial charge on any atom is 0.102 e. The van der Waals surface area contributed by atoms with E-state index in [1.165, 1.54) is 35.5 Å². The van der Waals surface area contributed by atoms with Crippen LogP contribution in [0.2, 0.25) is 0 Å². The number of benzene rings is 1. The highest BCUT2D eigenvalue weighted by molar-refractivity contribution is 7.99. The van der Waals surface area contributed by atoms with Gasteiger partial charge in [-0.1, -0.05) is 18.2 Å². The van der Waals surface area contributed by atoms with E-state index in [1.807, 2.05) is 6.08 Å². The van der Waals surface area contributed by atoms with Gasteiger partial charge in [-0.25, -0.2) is 0 Å². The first-order chi connectivity index (χ1) is 6.88. The summed E-state index contributed by atoms with van der Waals surface area (Å²) in [5.74, 6) is 5.26. The fourth-order valence-electron chi connectivity index (χ4n) is 1.70. The van der Waals surface area contributed by atoms with E-state index in [0.717, 1.165) is 0 Å². The van der Waals surface area contributed by atoms with E-state index in [4.69, 9.17) is 0 Å². The molecule has 0 saturated carbocycles. The third kappa shape index (κ3) is 2.36. The second-order valence-electron chi connectivity index (χ2n) is 3.64. The van der Waals surface area contributed by atoms with E-state index in [-0.39, 0.29) is 0 Å². The van der Waals surface area contributed by atoms with Gasteiger partial charge < -0.3 is 0 Å². The normalized spacial score (nSPS) is 16.9. The zero-order valence-electron chi connectivity index (χ0n) is 8.41. The van der Waals surface area contributed by atoms with E-state index in [1.54, 1.807) is 0 Å². The topological polar surface area (TPSA) is 0 Å². The Kier molecular flexibility index (Phi) is 3.20. The summed E-state index contributed by atoms with van der Waals surface area (Å²) in [6.45, 7) is 3.76. The molecule has 1 aliphatic rings. The zero-order valence-corrected chi connectivity index (χ0v) is 9.22. The van der Waals surface area contributed by atoms with Crippen molar-refractivity contribution in [1.82, 2.24) is 0 Å². The molecule has 0 aliphatic carbocycles. The standard InChI is InChI=1S/C13H16S/c1-2-12-5-7-13(8-6-12)11-14-9-3-4-10-14/h2,5-8,11H,1,3-4,9-10H2. The molecule has 1 fully saturated rings. The van der Waals surface area contributed by atoms with Crippen LogP contribution in [0.25, 0.3) is 6.08 Å². The van der Waals surface area contributed by atoms with Crippen LogP contribution < -0.4 is 0 Å². The molecule has 2 rings (SSSR count). The lowest BCUT2D eigenvalue weighted by molar-refractivity contribution is 0.949. The number of hydrogen-bond acceptors (Lipinski definition) is 0. The Bertz CT molecular complexity index is 294. The first-order valence-corrected chi connectivity index (χ1v) is 6.75. The van der Waals surface area contributed by atoms with Gasteiger partial charge in [-0.15, -0.1) is 17.7 Å². The number of hydrogen-bond donors (Lipinski definition) is 0. The van der Waals surface area contributed by atoms with Crippen LogP contribution in [0.4, 0.5) is 0 Å². The minimum absolute atomic E-state index is 0.562. The molecule has 0 amide bonds. The molecule has 0 spiro atoms. The summed E-state index contributed by atoms with van der Waals surface area (Å²) in [5, 5.41) is 0. The van der Waals surface area contributed by atoms with Crippen molar-refractivity contribution in [3.8, 4) is 0 Å². The Morgan fingerprint density at radius 1 is 1.14 bits per heavy atom. The fraction of sp³-hybridized carbons (Fsp3) is 0.308. The molecule has 14 heavy (non-hydrogen) atoms. The minimum Gasteiger partial charge on any atom is -0.158 e. The molecule has 0 bridgehead atoms. The lowest BCUT2D eigenvalue weighted by Gasteiger charge is -2.09. The summed E-state index contributed by atoms with van der Waals surface area (Å²) < 4.78 is 0. The van der Waals surface area contributed by atoms with Gasteiger partial charge in [0.25, 0.3) is 0 Å². The maximum atomic E-state index is 3.76. The quantitative estimate of drug-likeness (QED) is 0.524. The molecular weight excluding hydrogens is 188 g/mol. The molecule has 0 nitrogen and oxygen atoms in total. The summed E-state index contributed by atoms with van der Waals surface area (Å²) in [4.78, 5) is 0. The van der Waals surface area contributed by atoms with Gasteiger partial charge in [0.05, 0.1) is 0 Å². The average molecular weight is 204 g/mol. The van der Waals surface area contributed by atoms with Crippen LogP contribution in [0, 0.1) is 5.75 Å². The molecule has 0 unspecified atom stereocenters. The van der Waals surface area contributed by atoms with Crippen molar-refractivity contribution in [1.29, 1.82) is 0 Å². The van der Waals surface area contributed by atoms with Gasteiger partial charge in [-0.05, 0) is 23.7 Å². The van der Waals surface area contributed by atoms with E-state index in [2.05, 4.69) is 36.6 Å². The Morgan fingerprint density at radius 3 is 2.36 bits per heavy atom. The molecule has 74 valence electrons. The predicted molar refractivity (Wildman–Crippen MR) is 66.3 cm³/mol. The van der Waals surface area contributed by atoms with Crippen molar-refractivity contribution in [2.24, 2.45) is 0 Å². The molecule has 1 heteroatoms. The van der Waals surface area contributed by atoms with Crippen molar-refractivity contribution < 1.29 is 0 Å². The highest BCUT2D eigenvalue weighted by Gasteiger charge is 2.20. The van der Waals surface area contributed by atoms with Crippen LogP contribution in [0.1, 0.15) is 24.0 Å². The summed E-state index contributed by atoms with van der Waals surface area (Å²) in [6.07, 6.45) is 4.73. The highest BCUT2D eigenvalue weighted by atomic mass is 32.2. The Balaban J connectivity index is 1.98. The highest BCUT2D eigenvalue weighted by Crippen LogP contribution is 2.20. The van der Waals surface area contributed by atoms with Gasteiger partial charge >= 0.3 is 0 Å². The molecule has 1 saturated heterocycles. The summed E-state index contributed by atoms with van der Waals surface area (Å²) in [7, 11) is 0.562. The van der Waals surface area contributed by atoms with Crippen molar-refractivity contribution in [2.75, 3.05) is 11.5 Å². The average Bonchev–Trinajstić information content (AvgIpc) is 2.72. The molecule has 1 heterocycles. The molecule has 1 aromatic rings. The van der Waals surface area contributed by atoms with E-state index < -0.39 is 0 Å². The van der Waals surface area contributed by atoms with E-state index >= 15 is 0 Å². The lowest BCUT2D eigenvalue weighted by Crippen LogP contribution is -2.03. The molecule has 0 atom stereocenters. The summed E-state index contributed by atoms with van der Waals surface area (Å²) in [5.41, 5.74) is 2.58. The van der Waals surface area contributed by atoms with Crippen LogP contribution in [-0.4, -0.2) is 11.5 Å². The number of rotatable bonds is 3. The first kappa shape index (κ1) is 9.72. The van der Waals surface area contributed by atoms with E-state index in [9.17, 15) is 0 Å². The maximum absolute atomic E-state index is 3.76. The minimum atomic E-state index is 0.562. The van der Waals surface area contributed by atoms with Crippen LogP contribution in [0.15, 0.2) is 30.8 Å². The van der Waals surface area contributed by atoms with Crippen molar-refractivity contribution in [3.05, 3.63) is 47.7 Å². The SMILES string of the molecule is C=Cc1ccc([CH-][S+]2CCCC2)cc1. The van der Waals surface area contributed by atoms with Crippen molar-refractivity contribution in [2.45, 2.75) is 12.8 Å². The van der Waals surface area contributed by atoms with Crippen molar-refractivity contribution >= 4 is 17.0 Å². The monoisotopic (exact) mass is 204 g/mol. The van der Waals surface area contributed by atoms with Crippen LogP contribution in [-0.2, 0) is 10.9 Å². The molecular formula is C13H16S. The zero-order chi connectivity index (χ0) is 9.80. The van der Waals surface area contributed by atoms with Crippen LogP contribution in [0.3, 0.4) is 0 Å². The summed E-state index contributed by atoms with van der Waals surface area (Å²) in [6, 6.07) is 8.67. The Morgan fingerprint density at radius 2 is 1.79 bits per heavy atom. The predicted octanol–water partition coefficient (Wildman–Crippen LogP) is 3.25. The van der Waals surface area contributed by atoms with Gasteiger partial charge in [0.15, 0.2) is 0 Å². The van der Waals surface area contributed by atoms with Crippen molar-refractivity contribution in [3.63, 3.8) is 0 Å². The second kappa shape index (κ2) is 4.61. The van der Waals surface area contributed by atoms with Crippen LogP contribution >= 0.6 is 0 Å². The van der Waals surface area contributed by atoms with Gasteiger partial charge in [0.2, 0.25) is 0 Å². The lowest BCUT2D eigenvalue weighted by atomic mass is 10.1. The Hall–Kier alpha value is -0.820. The van der Waals surface area contributed by atoms with Gasteiger partial charge in [-0.2, -0.15) is 12.1 Å². The van der Waals surface area contributed by atoms with Gasteiger partial charge in [0, 0.05) is 5.75 Å². The fourth-order valence-corrected chi connectivity index (χ4v) is 3.83. The summed E-state index contributed by atoms with van der Waals surface area (Å²) >= 11 is 0. The van der Waals surface area contributed by atoms with Gasteiger partial charge in [0.1, 0.15) is 11.5 Å². The van der Waals surface area contributed by atoms with E-state index in [0.29, 0.717) is 10.9 Å². The first-order valence-electron chi connectivity index (χ1n) is 5.12. The van der Waals surface area contributed by atoms with Crippen LogP contribution in [0.5, 0.6) is 0 Å². The molecule has 0 radical (unpaired) electrons. The Labute approximate surface area is 89.4 Å². The molecule has 0 N–H and O–H groups in total. The third-order valence-electron chi connectivity index (χ3n) is 2.54.